The van der Waals surface area contributed by atoms with Crippen LogP contribution in [0.3, 0.4) is 0 Å². The van der Waals surface area contributed by atoms with Crippen LogP contribution in [0, 0.1) is 11.8 Å². The Morgan fingerprint density at radius 2 is 1.95 bits per heavy atom. The number of fused-ring (bicyclic) bond motifs is 1. The largest absolute Gasteiger partial charge is 0.497 e. The molecular formula is C30H32F2N2O3. The summed E-state index contributed by atoms with van der Waals surface area (Å²) in [6, 6.07) is 14.6. The molecule has 6 atom stereocenters. The summed E-state index contributed by atoms with van der Waals surface area (Å²) in [6.07, 6.45) is 3.83. The van der Waals surface area contributed by atoms with Gasteiger partial charge in [-0.15, -0.1) is 0 Å². The Labute approximate surface area is 215 Å². The van der Waals surface area contributed by atoms with Gasteiger partial charge >= 0.3 is 0 Å². The van der Waals surface area contributed by atoms with Gasteiger partial charge in [0.15, 0.2) is 0 Å². The van der Waals surface area contributed by atoms with E-state index in [1.165, 1.54) is 0 Å². The number of amides is 1. The van der Waals surface area contributed by atoms with E-state index in [1.54, 1.807) is 7.11 Å². The van der Waals surface area contributed by atoms with Crippen molar-refractivity contribution in [1.29, 1.82) is 0 Å². The number of nitrogens with zero attached hydrogens (tertiary/aromatic N) is 2. The summed E-state index contributed by atoms with van der Waals surface area (Å²) >= 11 is 0. The highest BCUT2D eigenvalue weighted by molar-refractivity contribution is 5.94. The number of halogens is 2. The Hall–Kier alpha value is -2.51. The van der Waals surface area contributed by atoms with Crippen molar-refractivity contribution in [2.24, 2.45) is 11.8 Å². The lowest BCUT2D eigenvalue weighted by atomic mass is 9.45. The smallest absolute Gasteiger partial charge is 0.273 e. The fraction of sp³-hybridized carbons (Fsp3) is 0.567. The Morgan fingerprint density at radius 1 is 1.14 bits per heavy atom. The summed E-state index contributed by atoms with van der Waals surface area (Å²) in [5.41, 5.74) is -0.126. The van der Waals surface area contributed by atoms with Crippen molar-refractivity contribution in [3.05, 3.63) is 65.2 Å². The lowest BCUT2D eigenvalue weighted by molar-refractivity contribution is -0.259. The first-order chi connectivity index (χ1) is 17.9. The molecule has 8 rings (SSSR count). The number of methoxy groups -OCH3 is 1. The molecule has 0 spiro atoms. The number of hydrogen-bond acceptors (Lipinski definition) is 4. The van der Waals surface area contributed by atoms with E-state index in [1.807, 2.05) is 53.4 Å². The third kappa shape index (κ3) is 2.67. The van der Waals surface area contributed by atoms with E-state index in [-0.39, 0.29) is 24.5 Å². The van der Waals surface area contributed by atoms with Crippen molar-refractivity contribution in [2.75, 3.05) is 26.7 Å². The third-order valence-corrected chi connectivity index (χ3v) is 10.5. The zero-order valence-electron chi connectivity index (χ0n) is 21.0. The van der Waals surface area contributed by atoms with Crippen molar-refractivity contribution in [3.8, 4) is 5.75 Å². The molecule has 5 nitrogen and oxygen atoms in total. The SMILES string of the molecule is COc1ccc2c(c1)[C@@]13[C@H]4[C@H]5CC[C@@]1(O[C@@H]4CN5C(=O)c1ccccc1)[C@@H](C2)N(CC1CC1)CC3(F)F. The summed E-state index contributed by atoms with van der Waals surface area (Å²) in [5.74, 6) is -2.40. The number of piperidine rings is 1. The fourth-order valence-electron chi connectivity index (χ4n) is 9.15. The van der Waals surface area contributed by atoms with Gasteiger partial charge < -0.3 is 14.4 Å². The molecule has 5 fully saturated rings. The number of benzene rings is 2. The highest BCUT2D eigenvalue weighted by Crippen LogP contribution is 2.73. The molecule has 194 valence electrons. The predicted molar refractivity (Wildman–Crippen MR) is 133 cm³/mol. The quantitative estimate of drug-likeness (QED) is 0.621. The Morgan fingerprint density at radius 3 is 2.70 bits per heavy atom. The second kappa shape index (κ2) is 7.32. The average Bonchev–Trinajstić information content (AvgIpc) is 3.59. The second-order valence-corrected chi connectivity index (χ2v) is 12.1. The molecule has 7 heteroatoms. The molecule has 6 aliphatic rings. The molecule has 0 radical (unpaired) electrons. The van der Waals surface area contributed by atoms with Crippen LogP contribution in [-0.2, 0) is 16.6 Å². The number of carbonyl (C=O) groups is 1. The van der Waals surface area contributed by atoms with Crippen LogP contribution in [0.1, 0.15) is 47.2 Å². The topological polar surface area (TPSA) is 42.0 Å². The molecule has 2 aromatic carbocycles. The zero-order chi connectivity index (χ0) is 25.2. The third-order valence-electron chi connectivity index (χ3n) is 10.5. The van der Waals surface area contributed by atoms with Crippen LogP contribution in [0.5, 0.6) is 5.75 Å². The predicted octanol–water partition coefficient (Wildman–Crippen LogP) is 4.29. The van der Waals surface area contributed by atoms with Gasteiger partial charge in [0.25, 0.3) is 11.8 Å². The molecule has 3 heterocycles. The number of likely N-dealkylation sites (tertiary alicyclic amines) is 2. The molecule has 37 heavy (non-hydrogen) atoms. The summed E-state index contributed by atoms with van der Waals surface area (Å²) < 4.78 is 46.8. The number of rotatable bonds is 4. The molecule has 2 aromatic rings. The van der Waals surface area contributed by atoms with Crippen LogP contribution in [0.4, 0.5) is 8.78 Å². The number of ether oxygens (including phenoxy) is 2. The van der Waals surface area contributed by atoms with E-state index in [0.29, 0.717) is 42.2 Å². The van der Waals surface area contributed by atoms with Crippen molar-refractivity contribution in [1.82, 2.24) is 9.80 Å². The molecule has 3 saturated heterocycles. The van der Waals surface area contributed by atoms with Crippen LogP contribution >= 0.6 is 0 Å². The van der Waals surface area contributed by atoms with Gasteiger partial charge in [-0.1, -0.05) is 24.3 Å². The standard InChI is InChI=1S/C30H32F2N2O3/c1-36-21-10-9-20-13-25-28-12-11-23-26(24(37-28)16-34(23)27(35)19-5-3-2-4-6-19)30(28,22(20)14-21)29(31,32)17-33(25)15-18-7-8-18/h2-6,9-10,14,18,23-26H,7-8,11-13,15-17H2,1H3/t23-,24-,25-,26+,28-,30-/m1/s1. The van der Waals surface area contributed by atoms with Crippen LogP contribution < -0.4 is 4.74 Å². The van der Waals surface area contributed by atoms with Gasteiger partial charge in [0, 0.05) is 36.7 Å². The normalized spacial score (nSPS) is 38.7. The van der Waals surface area contributed by atoms with Crippen LogP contribution in [0.2, 0.25) is 0 Å². The molecule has 3 aliphatic heterocycles. The maximum Gasteiger partial charge on any atom is 0.273 e. The molecule has 0 aromatic heterocycles. The second-order valence-electron chi connectivity index (χ2n) is 12.1. The van der Waals surface area contributed by atoms with Crippen LogP contribution in [-0.4, -0.2) is 72.2 Å². The minimum atomic E-state index is -3.00. The average molecular weight is 507 g/mol. The number of carbonyl (C=O) groups excluding carboxylic acids is 1. The lowest BCUT2D eigenvalue weighted by Crippen LogP contribution is -2.81. The Bertz CT molecular complexity index is 1280. The summed E-state index contributed by atoms with van der Waals surface area (Å²) in [6.45, 7) is 0.861. The van der Waals surface area contributed by atoms with Crippen LogP contribution in [0.25, 0.3) is 0 Å². The van der Waals surface area contributed by atoms with Crippen molar-refractivity contribution >= 4 is 5.91 Å². The minimum Gasteiger partial charge on any atom is -0.497 e. The first-order valence-electron chi connectivity index (χ1n) is 13.7. The maximum absolute atomic E-state index is 17.1. The highest BCUT2D eigenvalue weighted by atomic mass is 19.3. The molecule has 4 bridgehead atoms. The Kier molecular flexibility index (Phi) is 4.45. The highest BCUT2D eigenvalue weighted by Gasteiger charge is 2.86. The molecule has 0 N–H and O–H groups in total. The van der Waals surface area contributed by atoms with E-state index < -0.39 is 29.0 Å². The van der Waals surface area contributed by atoms with Crippen LogP contribution in [0.15, 0.2) is 48.5 Å². The van der Waals surface area contributed by atoms with Gasteiger partial charge in [0.05, 0.1) is 25.2 Å². The molecular weight excluding hydrogens is 474 g/mol. The summed E-state index contributed by atoms with van der Waals surface area (Å²) in [4.78, 5) is 17.6. The van der Waals surface area contributed by atoms with E-state index in [4.69, 9.17) is 9.47 Å². The molecule has 0 unspecified atom stereocenters. The van der Waals surface area contributed by atoms with E-state index in [0.717, 1.165) is 31.4 Å². The molecule has 3 aliphatic carbocycles. The first kappa shape index (κ1) is 22.5. The van der Waals surface area contributed by atoms with E-state index >= 15 is 8.78 Å². The number of hydrogen-bond donors (Lipinski definition) is 0. The first-order valence-corrected chi connectivity index (χ1v) is 13.7. The summed E-state index contributed by atoms with van der Waals surface area (Å²) in [5, 5.41) is 0. The van der Waals surface area contributed by atoms with Gasteiger partial charge in [-0.05, 0) is 73.4 Å². The zero-order valence-corrected chi connectivity index (χ0v) is 21.0. The summed E-state index contributed by atoms with van der Waals surface area (Å²) in [7, 11) is 1.59. The minimum absolute atomic E-state index is 0.0709. The molecule has 2 saturated carbocycles. The van der Waals surface area contributed by atoms with Gasteiger partial charge in [0.2, 0.25) is 0 Å². The lowest BCUT2D eigenvalue weighted by Gasteiger charge is -2.66. The van der Waals surface area contributed by atoms with Gasteiger partial charge in [-0.25, -0.2) is 8.78 Å². The van der Waals surface area contributed by atoms with Gasteiger partial charge in [-0.3, -0.25) is 9.69 Å². The molecule has 1 amide bonds. The fourth-order valence-corrected chi connectivity index (χ4v) is 9.15. The van der Waals surface area contributed by atoms with Crippen molar-refractivity contribution in [2.45, 2.75) is 67.2 Å². The maximum atomic E-state index is 17.1. The monoisotopic (exact) mass is 506 g/mol. The van der Waals surface area contributed by atoms with Gasteiger partial charge in [-0.2, -0.15) is 0 Å². The van der Waals surface area contributed by atoms with E-state index in [2.05, 4.69) is 4.90 Å². The van der Waals surface area contributed by atoms with Crippen molar-refractivity contribution in [3.63, 3.8) is 0 Å². The van der Waals surface area contributed by atoms with E-state index in [9.17, 15) is 4.79 Å². The number of alkyl halides is 2. The van der Waals surface area contributed by atoms with Gasteiger partial charge in [0.1, 0.15) is 11.4 Å². The Balaban J connectivity index is 1.31. The van der Waals surface area contributed by atoms with Crippen molar-refractivity contribution < 1.29 is 23.0 Å².